The Kier molecular flexibility index (Phi) is 5.96. The Bertz CT molecular complexity index is 1130. The van der Waals surface area contributed by atoms with Crippen LogP contribution in [0.3, 0.4) is 0 Å². The predicted octanol–water partition coefficient (Wildman–Crippen LogP) is 2.83. The fourth-order valence-corrected chi connectivity index (χ4v) is 3.56. The number of carbonyl (C=O) groups is 2. The van der Waals surface area contributed by atoms with Gasteiger partial charge in [0.25, 0.3) is 11.8 Å². The van der Waals surface area contributed by atoms with E-state index in [2.05, 4.69) is 15.6 Å². The molecule has 1 aromatic heterocycles. The number of hydrogen-bond donors (Lipinski definition) is 1. The molecule has 1 fully saturated rings. The summed E-state index contributed by atoms with van der Waals surface area (Å²) in [7, 11) is 0. The number of likely N-dealkylation sites (tertiary alicyclic amines) is 1. The van der Waals surface area contributed by atoms with Gasteiger partial charge in [0.2, 0.25) is 0 Å². The number of aromatic nitrogens is 3. The Hall–Kier alpha value is -3.70. The van der Waals surface area contributed by atoms with E-state index >= 15 is 0 Å². The first-order valence-corrected chi connectivity index (χ1v) is 10.2. The van der Waals surface area contributed by atoms with Gasteiger partial charge in [-0.3, -0.25) is 9.59 Å². The van der Waals surface area contributed by atoms with E-state index in [9.17, 15) is 9.59 Å². The molecule has 2 aromatic carbocycles. The lowest BCUT2D eigenvalue weighted by molar-refractivity contribution is 0.0692. The highest BCUT2D eigenvalue weighted by Crippen LogP contribution is 2.16. The molecule has 0 bridgehead atoms. The number of halogens is 1. The smallest absolute Gasteiger partial charge is 0.276 e. The van der Waals surface area contributed by atoms with E-state index < -0.39 is 0 Å². The second-order valence-electron chi connectivity index (χ2n) is 7.25. The molecule has 0 spiro atoms. The van der Waals surface area contributed by atoms with E-state index in [1.807, 2.05) is 6.07 Å². The molecule has 31 heavy (non-hydrogen) atoms. The van der Waals surface area contributed by atoms with Gasteiger partial charge in [0.15, 0.2) is 5.69 Å². The molecule has 1 aliphatic heterocycles. The molecule has 1 N–H and O–H groups in total. The Morgan fingerprint density at radius 3 is 2.39 bits per heavy atom. The number of benzene rings is 2. The SMILES string of the molecule is N#Cc1ccc(C(=O)NC2CCN(C(=O)c3cn(-c4ccc(Cl)cc4)nn3)CC2)cc1. The molecule has 0 saturated carbocycles. The molecule has 1 saturated heterocycles. The molecule has 2 amide bonds. The first kappa shape index (κ1) is 20.6. The van der Waals surface area contributed by atoms with Crippen molar-refractivity contribution < 1.29 is 9.59 Å². The van der Waals surface area contributed by atoms with Crippen molar-refractivity contribution in [3.8, 4) is 11.8 Å². The fourth-order valence-electron chi connectivity index (χ4n) is 3.44. The molecule has 0 unspecified atom stereocenters. The Balaban J connectivity index is 1.32. The van der Waals surface area contributed by atoms with Crippen LogP contribution in [0.5, 0.6) is 0 Å². The molecule has 156 valence electrons. The van der Waals surface area contributed by atoms with Crippen molar-refractivity contribution in [2.24, 2.45) is 0 Å². The van der Waals surface area contributed by atoms with Crippen LogP contribution in [0.25, 0.3) is 5.69 Å². The molecule has 3 aromatic rings. The van der Waals surface area contributed by atoms with E-state index in [0.29, 0.717) is 42.1 Å². The van der Waals surface area contributed by atoms with Crippen LogP contribution in [0.4, 0.5) is 0 Å². The number of hydrogen-bond acceptors (Lipinski definition) is 5. The predicted molar refractivity (Wildman–Crippen MR) is 114 cm³/mol. The zero-order chi connectivity index (χ0) is 21.8. The van der Waals surface area contributed by atoms with Crippen molar-refractivity contribution in [1.29, 1.82) is 5.26 Å². The van der Waals surface area contributed by atoms with Crippen LogP contribution >= 0.6 is 11.6 Å². The minimum absolute atomic E-state index is 0.0167. The van der Waals surface area contributed by atoms with Crippen molar-refractivity contribution in [1.82, 2.24) is 25.2 Å². The molecule has 8 nitrogen and oxygen atoms in total. The van der Waals surface area contributed by atoms with E-state index in [1.54, 1.807) is 59.6 Å². The summed E-state index contributed by atoms with van der Waals surface area (Å²) in [5.41, 5.74) is 2.06. The number of nitrogens with zero attached hydrogens (tertiary/aromatic N) is 5. The van der Waals surface area contributed by atoms with E-state index in [-0.39, 0.29) is 23.6 Å². The third-order valence-corrected chi connectivity index (χ3v) is 5.45. The fraction of sp³-hybridized carbons (Fsp3) is 0.227. The summed E-state index contributed by atoms with van der Waals surface area (Å²) in [5, 5.41) is 20.5. The molecule has 1 aliphatic rings. The number of amides is 2. The number of nitriles is 1. The normalized spacial score (nSPS) is 14.1. The summed E-state index contributed by atoms with van der Waals surface area (Å²) < 4.78 is 1.54. The Morgan fingerprint density at radius 1 is 1.06 bits per heavy atom. The standard InChI is InChI=1S/C22H19ClN6O2/c23-17-5-7-19(8-6-17)29-14-20(26-27-29)22(31)28-11-9-18(10-12-28)25-21(30)16-3-1-15(13-24)2-4-16/h1-8,14,18H,9-12H2,(H,25,30). The minimum atomic E-state index is -0.183. The molecule has 9 heteroatoms. The van der Waals surface area contributed by atoms with E-state index in [1.165, 1.54) is 4.68 Å². The summed E-state index contributed by atoms with van der Waals surface area (Å²) in [5.74, 6) is -0.364. The molecule has 0 aliphatic carbocycles. The van der Waals surface area contributed by atoms with Crippen molar-refractivity contribution in [3.05, 3.63) is 76.6 Å². The van der Waals surface area contributed by atoms with Crippen LogP contribution in [-0.2, 0) is 0 Å². The van der Waals surface area contributed by atoms with Gasteiger partial charge in [-0.15, -0.1) is 5.10 Å². The van der Waals surface area contributed by atoms with Crippen LogP contribution in [0.15, 0.2) is 54.7 Å². The Labute approximate surface area is 184 Å². The molecular weight excluding hydrogens is 416 g/mol. The van der Waals surface area contributed by atoms with Crippen LogP contribution in [0, 0.1) is 11.3 Å². The van der Waals surface area contributed by atoms with Crippen molar-refractivity contribution in [3.63, 3.8) is 0 Å². The van der Waals surface area contributed by atoms with Crippen molar-refractivity contribution in [2.75, 3.05) is 13.1 Å². The summed E-state index contributed by atoms with van der Waals surface area (Å²) in [6, 6.07) is 15.6. The summed E-state index contributed by atoms with van der Waals surface area (Å²) in [6.45, 7) is 1.04. The first-order valence-electron chi connectivity index (χ1n) is 9.82. The van der Waals surface area contributed by atoms with Gasteiger partial charge in [0, 0.05) is 29.7 Å². The number of rotatable bonds is 4. The van der Waals surface area contributed by atoms with Gasteiger partial charge in [-0.25, -0.2) is 4.68 Å². The van der Waals surface area contributed by atoms with Crippen LogP contribution in [-0.4, -0.2) is 50.8 Å². The molecule has 4 rings (SSSR count). The van der Waals surface area contributed by atoms with Gasteiger partial charge in [0.05, 0.1) is 23.5 Å². The van der Waals surface area contributed by atoms with E-state index in [4.69, 9.17) is 16.9 Å². The highest BCUT2D eigenvalue weighted by molar-refractivity contribution is 6.30. The minimum Gasteiger partial charge on any atom is -0.349 e. The summed E-state index contributed by atoms with van der Waals surface area (Å²) in [4.78, 5) is 26.9. The first-order chi connectivity index (χ1) is 15.0. The third-order valence-electron chi connectivity index (χ3n) is 5.20. The lowest BCUT2D eigenvalue weighted by Gasteiger charge is -2.31. The molecule has 0 radical (unpaired) electrons. The zero-order valence-electron chi connectivity index (χ0n) is 16.5. The maximum absolute atomic E-state index is 12.8. The van der Waals surface area contributed by atoms with Gasteiger partial charge in [-0.1, -0.05) is 16.8 Å². The van der Waals surface area contributed by atoms with Gasteiger partial charge >= 0.3 is 0 Å². The maximum atomic E-state index is 12.8. The molecular formula is C22H19ClN6O2. The summed E-state index contributed by atoms with van der Waals surface area (Å²) >= 11 is 5.90. The summed E-state index contributed by atoms with van der Waals surface area (Å²) in [6.07, 6.45) is 2.91. The maximum Gasteiger partial charge on any atom is 0.276 e. The average molecular weight is 435 g/mol. The number of carbonyl (C=O) groups excluding carboxylic acids is 2. The molecule has 0 atom stereocenters. The van der Waals surface area contributed by atoms with Crippen LogP contribution < -0.4 is 5.32 Å². The van der Waals surface area contributed by atoms with Crippen LogP contribution in [0.1, 0.15) is 39.3 Å². The zero-order valence-corrected chi connectivity index (χ0v) is 17.3. The van der Waals surface area contributed by atoms with Gasteiger partial charge in [-0.2, -0.15) is 5.26 Å². The quantitative estimate of drug-likeness (QED) is 0.679. The largest absolute Gasteiger partial charge is 0.349 e. The van der Waals surface area contributed by atoms with Gasteiger partial charge < -0.3 is 10.2 Å². The number of nitrogens with one attached hydrogen (secondary N) is 1. The van der Waals surface area contributed by atoms with Crippen LogP contribution in [0.2, 0.25) is 5.02 Å². The second kappa shape index (κ2) is 8.98. The third kappa shape index (κ3) is 4.73. The second-order valence-corrected chi connectivity index (χ2v) is 7.69. The van der Waals surface area contributed by atoms with Gasteiger partial charge in [0.1, 0.15) is 0 Å². The average Bonchev–Trinajstić information content (AvgIpc) is 3.30. The lowest BCUT2D eigenvalue weighted by Crippen LogP contribution is -2.46. The van der Waals surface area contributed by atoms with Crippen molar-refractivity contribution in [2.45, 2.75) is 18.9 Å². The highest BCUT2D eigenvalue weighted by Gasteiger charge is 2.26. The van der Waals surface area contributed by atoms with Gasteiger partial charge in [-0.05, 0) is 61.4 Å². The Morgan fingerprint density at radius 2 is 1.74 bits per heavy atom. The van der Waals surface area contributed by atoms with Crippen molar-refractivity contribution >= 4 is 23.4 Å². The van der Waals surface area contributed by atoms with E-state index in [0.717, 1.165) is 5.69 Å². The molecule has 2 heterocycles. The highest BCUT2D eigenvalue weighted by atomic mass is 35.5. The monoisotopic (exact) mass is 434 g/mol. The topological polar surface area (TPSA) is 104 Å². The lowest BCUT2D eigenvalue weighted by atomic mass is 10.0. The number of piperidine rings is 1.